The third-order valence-electron chi connectivity index (χ3n) is 4.44. The van der Waals surface area contributed by atoms with Gasteiger partial charge in [0.15, 0.2) is 16.8 Å². The van der Waals surface area contributed by atoms with Crippen molar-refractivity contribution in [1.82, 2.24) is 35.0 Å². The number of thioether (sulfide) groups is 1. The number of benzene rings is 2. The van der Waals surface area contributed by atoms with Gasteiger partial charge in [-0.05, 0) is 53.2 Å². The molecule has 30 heavy (non-hydrogen) atoms. The molecule has 0 bridgehead atoms. The van der Waals surface area contributed by atoms with Crippen molar-refractivity contribution in [3.63, 3.8) is 0 Å². The molecule has 4 rings (SSSR count). The average Bonchev–Trinajstić information content (AvgIpc) is 3.40. The van der Waals surface area contributed by atoms with E-state index < -0.39 is 0 Å². The fourth-order valence-corrected chi connectivity index (χ4v) is 4.04. The molecule has 0 fully saturated rings. The van der Waals surface area contributed by atoms with E-state index in [1.54, 1.807) is 7.11 Å². The Bertz CT molecular complexity index is 1130. The van der Waals surface area contributed by atoms with Crippen LogP contribution >= 0.6 is 23.4 Å². The summed E-state index contributed by atoms with van der Waals surface area (Å²) in [4.78, 5) is 0. The van der Waals surface area contributed by atoms with Crippen LogP contribution in [0.4, 0.5) is 0 Å². The summed E-state index contributed by atoms with van der Waals surface area (Å²) in [7, 11) is 1.64. The number of tetrazole rings is 1. The molecule has 0 atom stereocenters. The minimum Gasteiger partial charge on any atom is -0.496 e. The molecule has 0 radical (unpaired) electrons. The second-order valence-electron chi connectivity index (χ2n) is 6.43. The van der Waals surface area contributed by atoms with E-state index in [2.05, 4.69) is 32.6 Å². The number of hydrogen-bond acceptors (Lipinski definition) is 7. The van der Waals surface area contributed by atoms with Gasteiger partial charge in [0, 0.05) is 17.3 Å². The van der Waals surface area contributed by atoms with Gasteiger partial charge in [0.25, 0.3) is 0 Å². The quantitative estimate of drug-likeness (QED) is 0.377. The van der Waals surface area contributed by atoms with Crippen molar-refractivity contribution in [3.05, 3.63) is 59.4 Å². The molecular weight excluding hydrogens is 422 g/mol. The van der Waals surface area contributed by atoms with Crippen LogP contribution in [-0.4, -0.2) is 42.1 Å². The number of aryl methyl sites for hydroxylation is 1. The largest absolute Gasteiger partial charge is 0.496 e. The van der Waals surface area contributed by atoms with Crippen LogP contribution in [0, 0.1) is 0 Å². The number of ether oxygens (including phenoxy) is 1. The van der Waals surface area contributed by atoms with E-state index in [0.717, 1.165) is 40.9 Å². The second kappa shape index (κ2) is 9.27. The SMILES string of the molecule is CCCn1nnnc1CSc1nnc(-c2ccccc2OC)n1-c1ccc(Cl)cc1. The summed E-state index contributed by atoms with van der Waals surface area (Å²) in [6, 6.07) is 15.3. The number of methoxy groups -OCH3 is 1. The van der Waals surface area contributed by atoms with Gasteiger partial charge in [-0.15, -0.1) is 15.3 Å². The Morgan fingerprint density at radius 2 is 1.83 bits per heavy atom. The highest BCUT2D eigenvalue weighted by molar-refractivity contribution is 7.98. The van der Waals surface area contributed by atoms with Gasteiger partial charge in [0.1, 0.15) is 5.75 Å². The van der Waals surface area contributed by atoms with E-state index in [1.165, 1.54) is 11.8 Å². The van der Waals surface area contributed by atoms with Crippen LogP contribution in [0.15, 0.2) is 53.7 Å². The highest BCUT2D eigenvalue weighted by Gasteiger charge is 2.20. The van der Waals surface area contributed by atoms with E-state index in [0.29, 0.717) is 16.6 Å². The molecule has 154 valence electrons. The summed E-state index contributed by atoms with van der Waals surface area (Å²) >= 11 is 7.63. The van der Waals surface area contributed by atoms with Crippen LogP contribution in [0.3, 0.4) is 0 Å². The molecule has 2 aromatic heterocycles. The maximum Gasteiger partial charge on any atom is 0.196 e. The van der Waals surface area contributed by atoms with Gasteiger partial charge in [0.2, 0.25) is 0 Å². The predicted octanol–water partition coefficient (Wildman–Crippen LogP) is 4.29. The monoisotopic (exact) mass is 441 g/mol. The van der Waals surface area contributed by atoms with Crippen molar-refractivity contribution < 1.29 is 4.74 Å². The molecule has 8 nitrogen and oxygen atoms in total. The third kappa shape index (κ3) is 4.17. The summed E-state index contributed by atoms with van der Waals surface area (Å²) in [5.74, 6) is 2.78. The lowest BCUT2D eigenvalue weighted by Gasteiger charge is -2.12. The zero-order valence-electron chi connectivity index (χ0n) is 16.6. The molecule has 0 saturated heterocycles. The van der Waals surface area contributed by atoms with Crippen LogP contribution < -0.4 is 4.74 Å². The fourth-order valence-electron chi connectivity index (χ4n) is 3.03. The number of hydrogen-bond donors (Lipinski definition) is 0. The normalized spacial score (nSPS) is 11.0. The Balaban J connectivity index is 1.74. The molecule has 0 saturated carbocycles. The van der Waals surface area contributed by atoms with Crippen molar-refractivity contribution in [2.75, 3.05) is 7.11 Å². The van der Waals surface area contributed by atoms with Gasteiger partial charge in [-0.2, -0.15) is 0 Å². The van der Waals surface area contributed by atoms with Crippen LogP contribution in [0.5, 0.6) is 5.75 Å². The predicted molar refractivity (Wildman–Crippen MR) is 116 cm³/mol. The lowest BCUT2D eigenvalue weighted by Crippen LogP contribution is -2.05. The van der Waals surface area contributed by atoms with Crippen LogP contribution in [-0.2, 0) is 12.3 Å². The maximum atomic E-state index is 6.10. The Morgan fingerprint density at radius 1 is 1.03 bits per heavy atom. The number of aromatic nitrogens is 7. The van der Waals surface area contributed by atoms with Gasteiger partial charge in [-0.1, -0.05) is 42.4 Å². The summed E-state index contributed by atoms with van der Waals surface area (Å²) in [6.45, 7) is 2.87. The second-order valence-corrected chi connectivity index (χ2v) is 7.80. The summed E-state index contributed by atoms with van der Waals surface area (Å²) in [6.07, 6.45) is 0.960. The molecule has 10 heteroatoms. The molecule has 0 N–H and O–H groups in total. The Hall–Kier alpha value is -2.91. The van der Waals surface area contributed by atoms with E-state index in [-0.39, 0.29) is 0 Å². The zero-order valence-corrected chi connectivity index (χ0v) is 18.1. The molecule has 0 aliphatic carbocycles. The van der Waals surface area contributed by atoms with Gasteiger partial charge in [0.05, 0.1) is 18.4 Å². The molecule has 2 heterocycles. The Morgan fingerprint density at radius 3 is 2.60 bits per heavy atom. The van der Waals surface area contributed by atoms with Crippen molar-refractivity contribution >= 4 is 23.4 Å². The van der Waals surface area contributed by atoms with Gasteiger partial charge < -0.3 is 4.74 Å². The zero-order chi connectivity index (χ0) is 20.9. The summed E-state index contributed by atoms with van der Waals surface area (Å²) in [5, 5.41) is 22.3. The van der Waals surface area contributed by atoms with Crippen LogP contribution in [0.25, 0.3) is 17.1 Å². The Kier molecular flexibility index (Phi) is 6.29. The fraction of sp³-hybridized carbons (Fsp3) is 0.250. The molecule has 0 aliphatic heterocycles. The van der Waals surface area contributed by atoms with Gasteiger partial charge in [-0.3, -0.25) is 4.57 Å². The lowest BCUT2D eigenvalue weighted by molar-refractivity contribution is 0.416. The van der Waals surface area contributed by atoms with E-state index in [9.17, 15) is 0 Å². The van der Waals surface area contributed by atoms with Crippen LogP contribution in [0.1, 0.15) is 19.2 Å². The van der Waals surface area contributed by atoms with Crippen molar-refractivity contribution in [2.24, 2.45) is 0 Å². The molecular formula is C20H20ClN7OS. The summed E-state index contributed by atoms with van der Waals surface area (Å²) < 4.78 is 9.35. The minimum atomic E-state index is 0.574. The first-order chi connectivity index (χ1) is 14.7. The van der Waals surface area contributed by atoms with E-state index in [4.69, 9.17) is 16.3 Å². The highest BCUT2D eigenvalue weighted by atomic mass is 35.5. The number of para-hydroxylation sites is 1. The first kappa shape index (κ1) is 20.4. The van der Waals surface area contributed by atoms with Gasteiger partial charge >= 0.3 is 0 Å². The topological polar surface area (TPSA) is 83.5 Å². The molecule has 4 aromatic rings. The van der Waals surface area contributed by atoms with Gasteiger partial charge in [-0.25, -0.2) is 4.68 Å². The Labute approximate surface area is 183 Å². The van der Waals surface area contributed by atoms with Crippen molar-refractivity contribution in [2.45, 2.75) is 30.8 Å². The number of halogens is 1. The van der Waals surface area contributed by atoms with E-state index >= 15 is 0 Å². The number of rotatable bonds is 8. The average molecular weight is 442 g/mol. The smallest absolute Gasteiger partial charge is 0.196 e. The summed E-state index contributed by atoms with van der Waals surface area (Å²) in [5.41, 5.74) is 1.76. The molecule has 0 amide bonds. The first-order valence-corrected chi connectivity index (χ1v) is 10.8. The lowest BCUT2D eigenvalue weighted by atomic mass is 10.2. The molecule has 0 aliphatic rings. The molecule has 0 unspecified atom stereocenters. The maximum absolute atomic E-state index is 6.10. The van der Waals surface area contributed by atoms with E-state index in [1.807, 2.05) is 57.8 Å². The number of nitrogens with zero attached hydrogens (tertiary/aromatic N) is 7. The van der Waals surface area contributed by atoms with Crippen molar-refractivity contribution in [1.29, 1.82) is 0 Å². The highest BCUT2D eigenvalue weighted by Crippen LogP contribution is 2.34. The minimum absolute atomic E-state index is 0.574. The van der Waals surface area contributed by atoms with Crippen molar-refractivity contribution in [3.8, 4) is 22.8 Å². The van der Waals surface area contributed by atoms with Crippen LogP contribution in [0.2, 0.25) is 5.02 Å². The first-order valence-electron chi connectivity index (χ1n) is 9.44. The third-order valence-corrected chi connectivity index (χ3v) is 5.61. The molecule has 0 spiro atoms. The standard InChI is InChI=1S/C20H20ClN7OS/c1-3-12-27-18(22-25-26-27)13-30-20-24-23-19(16-6-4-5-7-17(16)29-2)28(20)15-10-8-14(21)9-11-15/h4-11H,3,12-13H2,1-2H3. The molecule has 2 aromatic carbocycles.